The van der Waals surface area contributed by atoms with E-state index in [-0.39, 0.29) is 24.3 Å². The highest BCUT2D eigenvalue weighted by Gasteiger charge is 2.24. The summed E-state index contributed by atoms with van der Waals surface area (Å²) >= 11 is 3.09. The van der Waals surface area contributed by atoms with Gasteiger partial charge in [0.2, 0.25) is 10.0 Å². The molecule has 10 heteroatoms. The maximum absolute atomic E-state index is 12.1. The molecular formula is C15H24BrN3O5S. The van der Waals surface area contributed by atoms with Gasteiger partial charge >= 0.3 is 6.09 Å². The number of rotatable bonds is 7. The summed E-state index contributed by atoms with van der Waals surface area (Å²) in [7, 11) is -3.45. The van der Waals surface area contributed by atoms with Crippen LogP contribution in [0, 0.1) is 0 Å². The monoisotopic (exact) mass is 437 g/mol. The number of halogens is 1. The van der Waals surface area contributed by atoms with Crippen molar-refractivity contribution in [1.82, 2.24) is 14.9 Å². The van der Waals surface area contributed by atoms with Crippen LogP contribution in [-0.2, 0) is 10.0 Å². The van der Waals surface area contributed by atoms with Gasteiger partial charge in [0, 0.05) is 24.7 Å². The van der Waals surface area contributed by atoms with Crippen molar-refractivity contribution in [3.05, 3.63) is 16.8 Å². The molecule has 2 N–H and O–H groups in total. The molecule has 0 aliphatic carbocycles. The van der Waals surface area contributed by atoms with E-state index in [9.17, 15) is 13.2 Å². The molecule has 1 saturated heterocycles. The number of furan rings is 1. The first-order valence-corrected chi connectivity index (χ1v) is 10.6. The number of nitrogens with one attached hydrogen (secondary N) is 2. The van der Waals surface area contributed by atoms with E-state index >= 15 is 0 Å². The maximum Gasteiger partial charge on any atom is 0.415 e. The quantitative estimate of drug-likeness (QED) is 0.675. The Bertz CT molecular complexity index is 668. The van der Waals surface area contributed by atoms with E-state index in [2.05, 4.69) is 44.7 Å². The van der Waals surface area contributed by atoms with E-state index in [1.54, 1.807) is 6.07 Å². The van der Waals surface area contributed by atoms with Gasteiger partial charge in [-0.05, 0) is 61.8 Å². The third kappa shape index (κ3) is 6.96. The zero-order chi connectivity index (χ0) is 18.4. The van der Waals surface area contributed by atoms with Crippen LogP contribution < -0.4 is 14.8 Å². The zero-order valence-corrected chi connectivity index (χ0v) is 16.7. The molecule has 0 atom stereocenters. The van der Waals surface area contributed by atoms with E-state index < -0.39 is 16.1 Å². The molecule has 1 aliphatic heterocycles. The van der Waals surface area contributed by atoms with Gasteiger partial charge in [0.1, 0.15) is 0 Å². The summed E-state index contributed by atoms with van der Waals surface area (Å²) in [6, 6.07) is 3.49. The number of likely N-dealkylation sites (tertiary alicyclic amines) is 1. The molecule has 25 heavy (non-hydrogen) atoms. The smallest absolute Gasteiger partial charge is 0.415 e. The van der Waals surface area contributed by atoms with Gasteiger partial charge in [0.25, 0.3) is 5.95 Å². The Kier molecular flexibility index (Phi) is 7.29. The number of nitrogens with zero attached hydrogens (tertiary/aromatic N) is 1. The van der Waals surface area contributed by atoms with E-state index in [1.165, 1.54) is 6.07 Å². The molecule has 2 heterocycles. The van der Waals surface area contributed by atoms with Crippen LogP contribution in [0.4, 0.5) is 4.79 Å². The minimum absolute atomic E-state index is 0.0299. The van der Waals surface area contributed by atoms with Crippen molar-refractivity contribution in [3.8, 4) is 5.95 Å². The summed E-state index contributed by atoms with van der Waals surface area (Å²) in [5.41, 5.74) is 0. The lowest BCUT2D eigenvalue weighted by molar-refractivity contribution is 0.168. The van der Waals surface area contributed by atoms with Crippen LogP contribution in [0.25, 0.3) is 0 Å². The lowest BCUT2D eigenvalue weighted by Gasteiger charge is -2.34. The van der Waals surface area contributed by atoms with Crippen LogP contribution in [0.5, 0.6) is 5.95 Å². The van der Waals surface area contributed by atoms with Crippen LogP contribution in [0.15, 0.2) is 21.2 Å². The molecule has 0 aromatic carbocycles. The Morgan fingerprint density at radius 2 is 2.08 bits per heavy atom. The van der Waals surface area contributed by atoms with Gasteiger partial charge in [-0.3, -0.25) is 0 Å². The number of carbonyl (C=O) groups is 1. The second kappa shape index (κ2) is 9.02. The molecule has 1 amide bonds. The molecule has 1 aromatic rings. The summed E-state index contributed by atoms with van der Waals surface area (Å²) in [6.07, 6.45) is 0.822. The Morgan fingerprint density at radius 3 is 2.64 bits per heavy atom. The maximum atomic E-state index is 12.1. The number of hydrogen-bond acceptors (Lipinski definition) is 6. The lowest BCUT2D eigenvalue weighted by atomic mass is 10.1. The molecule has 1 fully saturated rings. The summed E-state index contributed by atoms with van der Waals surface area (Å²) in [5, 5.41) is 2.39. The van der Waals surface area contributed by atoms with Gasteiger partial charge in [-0.15, -0.1) is 0 Å². The fourth-order valence-corrected chi connectivity index (χ4v) is 4.14. The molecule has 0 radical (unpaired) electrons. The Balaban J connectivity index is 1.68. The van der Waals surface area contributed by atoms with Gasteiger partial charge in [-0.2, -0.15) is 0 Å². The summed E-state index contributed by atoms with van der Waals surface area (Å²) in [6.45, 7) is 6.00. The minimum atomic E-state index is -3.45. The minimum Gasteiger partial charge on any atom is -0.418 e. The zero-order valence-electron chi connectivity index (χ0n) is 14.3. The molecular weight excluding hydrogens is 414 g/mol. The standard InChI is InChI=1S/C15H24BrN3O5S/c1-11(2)19-8-5-12(6-9-19)18-25(21,22)10-7-17-15(20)24-14-4-3-13(16)23-14/h3-4,11-12,18H,5-10H2,1-2H3,(H,17,20). The topological polar surface area (TPSA) is 101 Å². The number of hydrogen-bond donors (Lipinski definition) is 2. The largest absolute Gasteiger partial charge is 0.418 e. The van der Waals surface area contributed by atoms with Gasteiger partial charge in [-0.1, -0.05) is 0 Å². The molecule has 0 spiro atoms. The van der Waals surface area contributed by atoms with Gasteiger partial charge < -0.3 is 19.4 Å². The lowest BCUT2D eigenvalue weighted by Crippen LogP contribution is -2.47. The van der Waals surface area contributed by atoms with Crippen molar-refractivity contribution >= 4 is 32.0 Å². The number of piperidine rings is 1. The van der Waals surface area contributed by atoms with Crippen LogP contribution in [0.2, 0.25) is 0 Å². The van der Waals surface area contributed by atoms with Gasteiger partial charge in [0.05, 0.1) is 5.75 Å². The van der Waals surface area contributed by atoms with E-state index in [1.807, 2.05) is 0 Å². The number of sulfonamides is 1. The average molecular weight is 438 g/mol. The van der Waals surface area contributed by atoms with Crippen molar-refractivity contribution < 1.29 is 22.4 Å². The van der Waals surface area contributed by atoms with Gasteiger partial charge in [-0.25, -0.2) is 17.9 Å². The number of ether oxygens (including phenoxy) is 1. The molecule has 1 aliphatic rings. The normalized spacial score (nSPS) is 17.0. The first-order valence-electron chi connectivity index (χ1n) is 8.20. The molecule has 0 bridgehead atoms. The third-order valence-electron chi connectivity index (χ3n) is 3.99. The summed E-state index contributed by atoms with van der Waals surface area (Å²) in [5.74, 6) is -0.170. The van der Waals surface area contributed by atoms with E-state index in [0.29, 0.717) is 10.7 Å². The second-order valence-corrected chi connectivity index (χ2v) is 8.87. The number of carbonyl (C=O) groups excluding carboxylic acids is 1. The highest BCUT2D eigenvalue weighted by atomic mass is 79.9. The van der Waals surface area contributed by atoms with Crippen molar-refractivity contribution in [2.45, 2.75) is 38.8 Å². The van der Waals surface area contributed by atoms with Crippen LogP contribution >= 0.6 is 15.9 Å². The molecule has 1 aromatic heterocycles. The SMILES string of the molecule is CC(C)N1CCC(NS(=O)(=O)CCNC(=O)Oc2ccc(Br)o2)CC1. The van der Waals surface area contributed by atoms with Crippen LogP contribution in [0.1, 0.15) is 26.7 Å². The molecule has 142 valence electrons. The second-order valence-electron chi connectivity index (χ2n) is 6.22. The highest BCUT2D eigenvalue weighted by molar-refractivity contribution is 9.10. The predicted octanol–water partition coefficient (Wildman–Crippen LogP) is 1.92. The van der Waals surface area contributed by atoms with Gasteiger partial charge in [0.15, 0.2) is 4.67 Å². The molecule has 2 rings (SSSR count). The Hall–Kier alpha value is -1.10. The molecule has 0 saturated carbocycles. The van der Waals surface area contributed by atoms with E-state index in [4.69, 9.17) is 9.15 Å². The fraction of sp³-hybridized carbons (Fsp3) is 0.667. The predicted molar refractivity (Wildman–Crippen MR) is 97.1 cm³/mol. The highest BCUT2D eigenvalue weighted by Crippen LogP contribution is 2.20. The fourth-order valence-electron chi connectivity index (χ4n) is 2.61. The first kappa shape index (κ1) is 20.2. The van der Waals surface area contributed by atoms with Crippen molar-refractivity contribution in [3.63, 3.8) is 0 Å². The van der Waals surface area contributed by atoms with Crippen LogP contribution in [0.3, 0.4) is 0 Å². The van der Waals surface area contributed by atoms with Crippen molar-refractivity contribution in [2.75, 3.05) is 25.4 Å². The first-order chi connectivity index (χ1) is 11.7. The van der Waals surface area contributed by atoms with Crippen LogP contribution in [-0.4, -0.2) is 56.9 Å². The summed E-state index contributed by atoms with van der Waals surface area (Å²) in [4.78, 5) is 13.9. The summed E-state index contributed by atoms with van der Waals surface area (Å²) < 4.78 is 37.3. The Labute approximate surface area is 156 Å². The average Bonchev–Trinajstić information content (AvgIpc) is 2.92. The Morgan fingerprint density at radius 1 is 1.40 bits per heavy atom. The third-order valence-corrected chi connectivity index (χ3v) is 5.85. The molecule has 0 unspecified atom stereocenters. The molecule has 8 nitrogen and oxygen atoms in total. The van der Waals surface area contributed by atoms with Crippen molar-refractivity contribution in [2.24, 2.45) is 0 Å². The van der Waals surface area contributed by atoms with E-state index in [0.717, 1.165) is 25.9 Å². The van der Waals surface area contributed by atoms with Crippen molar-refractivity contribution in [1.29, 1.82) is 0 Å². The number of amides is 1.